The standard InChI is InChI=1S/C16H25NO2S/c1-12(2)16(13-8-5-4-6-9-13)17-14-10-7-11-15(14)20(3,18)19/h4-6,8-9,12,14-17H,7,10-11H2,1-3H3. The van der Waals surface area contributed by atoms with Crippen molar-refractivity contribution in [3.05, 3.63) is 35.9 Å². The van der Waals surface area contributed by atoms with Gasteiger partial charge >= 0.3 is 0 Å². The maximum Gasteiger partial charge on any atom is 0.151 e. The Hall–Kier alpha value is -0.870. The fraction of sp³-hybridized carbons (Fsp3) is 0.625. The third-order valence-electron chi connectivity index (χ3n) is 4.22. The van der Waals surface area contributed by atoms with Gasteiger partial charge in [0.05, 0.1) is 5.25 Å². The third kappa shape index (κ3) is 3.61. The lowest BCUT2D eigenvalue weighted by atomic mass is 9.95. The molecule has 3 unspecified atom stereocenters. The Morgan fingerprint density at radius 1 is 1.15 bits per heavy atom. The van der Waals surface area contributed by atoms with Crippen LogP contribution in [0.1, 0.15) is 44.7 Å². The number of rotatable bonds is 5. The second-order valence-corrected chi connectivity index (χ2v) is 8.47. The zero-order valence-corrected chi connectivity index (χ0v) is 13.4. The largest absolute Gasteiger partial charge is 0.306 e. The minimum atomic E-state index is -2.97. The van der Waals surface area contributed by atoms with Gasteiger partial charge in [-0.3, -0.25) is 0 Å². The average Bonchev–Trinajstić information content (AvgIpc) is 2.84. The lowest BCUT2D eigenvalue weighted by molar-refractivity contribution is 0.360. The van der Waals surface area contributed by atoms with Gasteiger partial charge in [-0.1, -0.05) is 50.6 Å². The molecule has 0 radical (unpaired) electrons. The number of hydrogen-bond acceptors (Lipinski definition) is 3. The normalized spacial score (nSPS) is 25.0. The molecule has 3 nitrogen and oxygen atoms in total. The van der Waals surface area contributed by atoms with E-state index in [1.165, 1.54) is 11.8 Å². The van der Waals surface area contributed by atoms with Gasteiger partial charge in [-0.25, -0.2) is 8.42 Å². The maximum absolute atomic E-state index is 11.9. The van der Waals surface area contributed by atoms with Crippen molar-refractivity contribution in [2.24, 2.45) is 5.92 Å². The molecule has 0 heterocycles. The van der Waals surface area contributed by atoms with E-state index < -0.39 is 9.84 Å². The molecule has 4 heteroatoms. The zero-order chi connectivity index (χ0) is 14.8. The van der Waals surface area contributed by atoms with Crippen LogP contribution in [-0.2, 0) is 9.84 Å². The van der Waals surface area contributed by atoms with Crippen LogP contribution in [0.3, 0.4) is 0 Å². The molecule has 1 aromatic carbocycles. The van der Waals surface area contributed by atoms with Gasteiger partial charge in [-0.15, -0.1) is 0 Å². The van der Waals surface area contributed by atoms with E-state index in [1.54, 1.807) is 0 Å². The van der Waals surface area contributed by atoms with E-state index in [0.717, 1.165) is 19.3 Å². The van der Waals surface area contributed by atoms with Crippen LogP contribution in [0.2, 0.25) is 0 Å². The minimum Gasteiger partial charge on any atom is -0.306 e. The Morgan fingerprint density at radius 3 is 2.35 bits per heavy atom. The minimum absolute atomic E-state index is 0.0811. The van der Waals surface area contributed by atoms with Gasteiger partial charge in [0.1, 0.15) is 0 Å². The van der Waals surface area contributed by atoms with Crippen LogP contribution in [0.5, 0.6) is 0 Å². The molecule has 2 rings (SSSR count). The van der Waals surface area contributed by atoms with Crippen molar-refractivity contribution in [2.75, 3.05) is 6.26 Å². The van der Waals surface area contributed by atoms with E-state index in [4.69, 9.17) is 0 Å². The fourth-order valence-electron chi connectivity index (χ4n) is 3.19. The van der Waals surface area contributed by atoms with Gasteiger partial charge in [0, 0.05) is 18.3 Å². The van der Waals surface area contributed by atoms with Gasteiger partial charge in [0.15, 0.2) is 9.84 Å². The van der Waals surface area contributed by atoms with E-state index in [2.05, 4.69) is 31.3 Å². The molecular formula is C16H25NO2S. The van der Waals surface area contributed by atoms with Crippen molar-refractivity contribution < 1.29 is 8.42 Å². The molecule has 0 aromatic heterocycles. The Kier molecular flexibility index (Phi) is 4.86. The summed E-state index contributed by atoms with van der Waals surface area (Å²) in [6.45, 7) is 4.35. The summed E-state index contributed by atoms with van der Waals surface area (Å²) in [6, 6.07) is 10.6. The first kappa shape index (κ1) is 15.5. The number of sulfone groups is 1. The molecule has 0 amide bonds. The average molecular weight is 295 g/mol. The van der Waals surface area contributed by atoms with Crippen molar-refractivity contribution >= 4 is 9.84 Å². The smallest absolute Gasteiger partial charge is 0.151 e. The van der Waals surface area contributed by atoms with E-state index in [-0.39, 0.29) is 17.3 Å². The van der Waals surface area contributed by atoms with Gasteiger partial charge in [-0.2, -0.15) is 0 Å². The molecule has 0 spiro atoms. The number of benzene rings is 1. The summed E-state index contributed by atoms with van der Waals surface area (Å²) in [5, 5.41) is 3.38. The Labute approximate surface area is 122 Å². The molecule has 1 N–H and O–H groups in total. The topological polar surface area (TPSA) is 46.2 Å². The molecule has 1 aliphatic carbocycles. The van der Waals surface area contributed by atoms with Crippen molar-refractivity contribution in [3.63, 3.8) is 0 Å². The molecule has 1 fully saturated rings. The Balaban J connectivity index is 2.17. The van der Waals surface area contributed by atoms with Gasteiger partial charge < -0.3 is 5.32 Å². The quantitative estimate of drug-likeness (QED) is 0.908. The third-order valence-corrected chi connectivity index (χ3v) is 5.89. The maximum atomic E-state index is 11.9. The summed E-state index contributed by atoms with van der Waals surface area (Å²) in [5.74, 6) is 0.429. The summed E-state index contributed by atoms with van der Waals surface area (Å²) >= 11 is 0. The first-order chi connectivity index (χ1) is 9.39. The van der Waals surface area contributed by atoms with Crippen molar-refractivity contribution in [3.8, 4) is 0 Å². The summed E-state index contributed by atoms with van der Waals surface area (Å²) in [4.78, 5) is 0. The highest BCUT2D eigenvalue weighted by Crippen LogP contribution is 2.30. The predicted molar refractivity (Wildman–Crippen MR) is 83.4 cm³/mol. The van der Waals surface area contributed by atoms with E-state index in [9.17, 15) is 8.42 Å². The summed E-state index contributed by atoms with van der Waals surface area (Å²) < 4.78 is 23.8. The van der Waals surface area contributed by atoms with Gasteiger partial charge in [0.25, 0.3) is 0 Å². The van der Waals surface area contributed by atoms with Gasteiger partial charge in [0.2, 0.25) is 0 Å². The van der Waals surface area contributed by atoms with Crippen molar-refractivity contribution in [1.82, 2.24) is 5.32 Å². The van der Waals surface area contributed by atoms with Crippen LogP contribution in [0.4, 0.5) is 0 Å². The SMILES string of the molecule is CC(C)C(NC1CCCC1S(C)(=O)=O)c1ccccc1. The first-order valence-corrected chi connectivity index (χ1v) is 9.35. The van der Waals surface area contributed by atoms with Crippen LogP contribution in [0.25, 0.3) is 0 Å². The lowest BCUT2D eigenvalue weighted by Crippen LogP contribution is -2.43. The monoisotopic (exact) mass is 295 g/mol. The summed E-state index contributed by atoms with van der Waals surface area (Å²) in [7, 11) is -2.97. The first-order valence-electron chi connectivity index (χ1n) is 7.39. The fourth-order valence-corrected chi connectivity index (χ4v) is 4.60. The van der Waals surface area contributed by atoms with E-state index >= 15 is 0 Å². The second kappa shape index (κ2) is 6.27. The van der Waals surface area contributed by atoms with Crippen LogP contribution < -0.4 is 5.32 Å². The molecule has 20 heavy (non-hydrogen) atoms. The molecule has 0 aliphatic heterocycles. The molecule has 0 bridgehead atoms. The molecular weight excluding hydrogens is 270 g/mol. The Bertz CT molecular complexity index is 525. The second-order valence-electron chi connectivity index (χ2n) is 6.20. The Morgan fingerprint density at radius 2 is 1.80 bits per heavy atom. The van der Waals surface area contributed by atoms with Crippen LogP contribution >= 0.6 is 0 Å². The summed E-state index contributed by atoms with van der Waals surface area (Å²) in [6.07, 6.45) is 4.10. The molecule has 0 saturated heterocycles. The molecule has 112 valence electrons. The highest BCUT2D eigenvalue weighted by atomic mass is 32.2. The predicted octanol–water partition coefficient (Wildman–Crippen LogP) is 2.94. The highest BCUT2D eigenvalue weighted by molar-refractivity contribution is 7.91. The van der Waals surface area contributed by atoms with Gasteiger partial charge in [-0.05, 0) is 24.3 Å². The van der Waals surface area contributed by atoms with Crippen LogP contribution in [0.15, 0.2) is 30.3 Å². The zero-order valence-electron chi connectivity index (χ0n) is 12.5. The lowest BCUT2D eigenvalue weighted by Gasteiger charge is -2.29. The molecule has 3 atom stereocenters. The van der Waals surface area contributed by atoms with E-state index in [0.29, 0.717) is 5.92 Å². The number of nitrogens with one attached hydrogen (secondary N) is 1. The van der Waals surface area contributed by atoms with Crippen LogP contribution in [-0.4, -0.2) is 26.0 Å². The molecule has 1 aromatic rings. The molecule has 1 aliphatic rings. The van der Waals surface area contributed by atoms with Crippen LogP contribution in [0, 0.1) is 5.92 Å². The number of hydrogen-bond donors (Lipinski definition) is 1. The highest BCUT2D eigenvalue weighted by Gasteiger charge is 2.36. The van der Waals surface area contributed by atoms with E-state index in [1.807, 2.05) is 18.2 Å². The summed E-state index contributed by atoms with van der Waals surface area (Å²) in [5.41, 5.74) is 1.24. The van der Waals surface area contributed by atoms with Crippen molar-refractivity contribution in [2.45, 2.75) is 50.4 Å². The molecule has 1 saturated carbocycles. The van der Waals surface area contributed by atoms with Crippen molar-refractivity contribution in [1.29, 1.82) is 0 Å².